The van der Waals surface area contributed by atoms with Crippen LogP contribution in [0.5, 0.6) is 0 Å². The Bertz CT molecular complexity index is 434. The van der Waals surface area contributed by atoms with Crippen molar-refractivity contribution in [2.45, 2.75) is 45.1 Å². The first-order chi connectivity index (χ1) is 9.13. The molecule has 1 aromatic carbocycles. The Morgan fingerprint density at radius 1 is 1.26 bits per heavy atom. The first-order valence-corrected chi connectivity index (χ1v) is 7.78. The molecular weight excluding hydrogens is 312 g/mol. The second-order valence-electron chi connectivity index (χ2n) is 5.23. The molecule has 1 aliphatic rings. The molecule has 0 heterocycles. The molecular formula is C15H20BrF2N. The van der Waals surface area contributed by atoms with E-state index in [4.69, 9.17) is 0 Å². The molecule has 19 heavy (non-hydrogen) atoms. The van der Waals surface area contributed by atoms with Crippen LogP contribution in [0.25, 0.3) is 0 Å². The van der Waals surface area contributed by atoms with E-state index in [2.05, 4.69) is 28.2 Å². The minimum Gasteiger partial charge on any atom is -0.314 e. The van der Waals surface area contributed by atoms with Crippen molar-refractivity contribution in [3.05, 3.63) is 33.8 Å². The second-order valence-corrected chi connectivity index (χ2v) is 6.09. The van der Waals surface area contributed by atoms with Gasteiger partial charge in [-0.25, -0.2) is 8.78 Å². The van der Waals surface area contributed by atoms with Gasteiger partial charge in [0.15, 0.2) is 0 Å². The molecule has 0 radical (unpaired) electrons. The van der Waals surface area contributed by atoms with E-state index in [1.165, 1.54) is 18.6 Å². The highest BCUT2D eigenvalue weighted by atomic mass is 79.9. The van der Waals surface area contributed by atoms with E-state index in [1.807, 2.05) is 0 Å². The van der Waals surface area contributed by atoms with Crippen molar-refractivity contribution in [1.29, 1.82) is 0 Å². The van der Waals surface area contributed by atoms with Gasteiger partial charge in [0.05, 0.1) is 4.47 Å². The van der Waals surface area contributed by atoms with Gasteiger partial charge in [0.25, 0.3) is 0 Å². The lowest BCUT2D eigenvalue weighted by atomic mass is 9.80. The minimum absolute atomic E-state index is 0.226. The van der Waals surface area contributed by atoms with Crippen molar-refractivity contribution < 1.29 is 8.78 Å². The van der Waals surface area contributed by atoms with Crippen LogP contribution in [-0.4, -0.2) is 12.6 Å². The lowest BCUT2D eigenvalue weighted by Gasteiger charge is -2.32. The summed E-state index contributed by atoms with van der Waals surface area (Å²) in [6.45, 7) is 2.98. The third-order valence-corrected chi connectivity index (χ3v) is 4.59. The normalized spacial score (nSPS) is 23.6. The van der Waals surface area contributed by atoms with Gasteiger partial charge in [-0.3, -0.25) is 0 Å². The fraction of sp³-hybridized carbons (Fsp3) is 0.600. The van der Waals surface area contributed by atoms with Crippen LogP contribution in [0.4, 0.5) is 8.78 Å². The zero-order chi connectivity index (χ0) is 13.8. The molecule has 2 unspecified atom stereocenters. The number of nitrogens with one attached hydrogen (secondary N) is 1. The molecule has 1 N–H and O–H groups in total. The van der Waals surface area contributed by atoms with Gasteiger partial charge < -0.3 is 5.32 Å². The Morgan fingerprint density at radius 3 is 2.74 bits per heavy atom. The van der Waals surface area contributed by atoms with Gasteiger partial charge in [0, 0.05) is 11.6 Å². The molecule has 1 saturated carbocycles. The van der Waals surface area contributed by atoms with Crippen LogP contribution in [-0.2, 0) is 6.42 Å². The van der Waals surface area contributed by atoms with E-state index >= 15 is 0 Å². The number of benzene rings is 1. The maximum Gasteiger partial charge on any atom is 0.143 e. The van der Waals surface area contributed by atoms with Crippen LogP contribution in [0.2, 0.25) is 0 Å². The van der Waals surface area contributed by atoms with Gasteiger partial charge >= 0.3 is 0 Å². The summed E-state index contributed by atoms with van der Waals surface area (Å²) in [5, 5.41) is 3.45. The molecule has 2 atom stereocenters. The molecule has 2 rings (SSSR count). The highest BCUT2D eigenvalue weighted by Crippen LogP contribution is 2.31. The van der Waals surface area contributed by atoms with Crippen molar-refractivity contribution in [1.82, 2.24) is 5.32 Å². The summed E-state index contributed by atoms with van der Waals surface area (Å²) in [6.07, 6.45) is 5.00. The lowest BCUT2D eigenvalue weighted by molar-refractivity contribution is 0.260. The first kappa shape index (κ1) is 14.9. The predicted octanol–water partition coefficient (Wildman–Crippen LogP) is 4.44. The summed E-state index contributed by atoms with van der Waals surface area (Å²) in [7, 11) is 0. The Kier molecular flexibility index (Phi) is 5.34. The van der Waals surface area contributed by atoms with Crippen LogP contribution in [0.15, 0.2) is 16.6 Å². The van der Waals surface area contributed by atoms with Crippen molar-refractivity contribution in [3.63, 3.8) is 0 Å². The van der Waals surface area contributed by atoms with E-state index < -0.39 is 11.6 Å². The molecule has 1 aromatic rings. The topological polar surface area (TPSA) is 12.0 Å². The Balaban J connectivity index is 2.17. The molecule has 0 saturated heterocycles. The largest absolute Gasteiger partial charge is 0.314 e. The maximum atomic E-state index is 14.0. The van der Waals surface area contributed by atoms with Crippen LogP contribution >= 0.6 is 15.9 Å². The molecule has 106 valence electrons. The van der Waals surface area contributed by atoms with E-state index in [0.717, 1.165) is 25.8 Å². The summed E-state index contributed by atoms with van der Waals surface area (Å²) in [5.74, 6) is -0.547. The zero-order valence-electron chi connectivity index (χ0n) is 11.2. The van der Waals surface area contributed by atoms with Crippen molar-refractivity contribution >= 4 is 15.9 Å². The van der Waals surface area contributed by atoms with E-state index in [1.54, 1.807) is 0 Å². The molecule has 1 nitrogen and oxygen atoms in total. The average molecular weight is 332 g/mol. The Morgan fingerprint density at radius 2 is 2.00 bits per heavy atom. The summed E-state index contributed by atoms with van der Waals surface area (Å²) >= 11 is 3.13. The van der Waals surface area contributed by atoms with Crippen molar-refractivity contribution in [3.8, 4) is 0 Å². The predicted molar refractivity (Wildman–Crippen MR) is 77.2 cm³/mol. The molecule has 0 aliphatic heterocycles. The highest BCUT2D eigenvalue weighted by Gasteiger charge is 2.27. The van der Waals surface area contributed by atoms with Gasteiger partial charge in [0.1, 0.15) is 11.6 Å². The third kappa shape index (κ3) is 3.54. The molecule has 0 aromatic heterocycles. The quantitative estimate of drug-likeness (QED) is 0.804. The van der Waals surface area contributed by atoms with Gasteiger partial charge in [-0.1, -0.05) is 19.8 Å². The van der Waals surface area contributed by atoms with Gasteiger partial charge in [-0.2, -0.15) is 0 Å². The highest BCUT2D eigenvalue weighted by molar-refractivity contribution is 9.10. The lowest BCUT2D eigenvalue weighted by Crippen LogP contribution is -2.39. The molecule has 1 aliphatic carbocycles. The second kappa shape index (κ2) is 6.80. The SMILES string of the molecule is CCNC1CCCCC1Cc1c(F)ccc(Br)c1F. The van der Waals surface area contributed by atoms with E-state index in [-0.39, 0.29) is 5.56 Å². The van der Waals surface area contributed by atoms with Crippen LogP contribution < -0.4 is 5.32 Å². The molecule has 0 amide bonds. The van der Waals surface area contributed by atoms with Crippen molar-refractivity contribution in [2.24, 2.45) is 5.92 Å². The molecule has 1 fully saturated rings. The van der Waals surface area contributed by atoms with Crippen molar-refractivity contribution in [2.75, 3.05) is 6.54 Å². The van der Waals surface area contributed by atoms with E-state index in [9.17, 15) is 8.78 Å². The van der Waals surface area contributed by atoms with Gasteiger partial charge in [0.2, 0.25) is 0 Å². The zero-order valence-corrected chi connectivity index (χ0v) is 12.8. The fourth-order valence-corrected chi connectivity index (χ4v) is 3.37. The smallest absolute Gasteiger partial charge is 0.143 e. The summed E-state index contributed by atoms with van der Waals surface area (Å²) in [6, 6.07) is 3.15. The summed E-state index contributed by atoms with van der Waals surface area (Å²) in [5.41, 5.74) is 0.226. The van der Waals surface area contributed by atoms with Crippen LogP contribution in [0.1, 0.15) is 38.2 Å². The number of halogens is 3. The fourth-order valence-electron chi connectivity index (χ4n) is 3.00. The molecule has 0 bridgehead atoms. The van der Waals surface area contributed by atoms with Crippen LogP contribution in [0.3, 0.4) is 0 Å². The molecule has 4 heteroatoms. The van der Waals surface area contributed by atoms with E-state index in [0.29, 0.717) is 22.9 Å². The first-order valence-electron chi connectivity index (χ1n) is 6.99. The Hall–Kier alpha value is -0.480. The monoisotopic (exact) mass is 331 g/mol. The third-order valence-electron chi connectivity index (χ3n) is 3.98. The minimum atomic E-state index is -0.444. The maximum absolute atomic E-state index is 14.0. The van der Waals surface area contributed by atoms with Gasteiger partial charge in [-0.05, 0) is 59.8 Å². The standard InChI is InChI=1S/C15H20BrF2N/c1-2-19-14-6-4-3-5-10(14)9-11-13(17)8-7-12(16)15(11)18/h7-8,10,14,19H,2-6,9H2,1H3. The van der Waals surface area contributed by atoms with Crippen LogP contribution in [0, 0.1) is 17.6 Å². The number of rotatable bonds is 4. The average Bonchev–Trinajstić information content (AvgIpc) is 2.41. The number of hydrogen-bond acceptors (Lipinski definition) is 1. The molecule has 0 spiro atoms. The van der Waals surface area contributed by atoms with Gasteiger partial charge in [-0.15, -0.1) is 0 Å². The number of hydrogen-bond donors (Lipinski definition) is 1. The Labute approximate surface area is 121 Å². The summed E-state index contributed by atoms with van der Waals surface area (Å²) < 4.78 is 28.2. The summed E-state index contributed by atoms with van der Waals surface area (Å²) in [4.78, 5) is 0.